The number of hydrogen-bond acceptors (Lipinski definition) is 4. The summed E-state index contributed by atoms with van der Waals surface area (Å²) >= 11 is 5.96. The first kappa shape index (κ1) is 23.3. The fourth-order valence-corrected chi connectivity index (χ4v) is 4.68. The van der Waals surface area contributed by atoms with Crippen LogP contribution in [0.1, 0.15) is 5.56 Å². The molecule has 0 bridgehead atoms. The molecule has 172 valence electrons. The zero-order valence-electron chi connectivity index (χ0n) is 17.9. The van der Waals surface area contributed by atoms with Gasteiger partial charge in [0.2, 0.25) is 0 Å². The van der Waals surface area contributed by atoms with Crippen LogP contribution in [0.5, 0.6) is 0 Å². The van der Waals surface area contributed by atoms with E-state index in [1.807, 2.05) is 6.07 Å². The molecule has 1 aromatic heterocycles. The third-order valence-corrected chi connectivity index (χ3v) is 6.59. The molecule has 3 N–H and O–H groups in total. The van der Waals surface area contributed by atoms with E-state index in [1.165, 1.54) is 0 Å². The number of rotatable bonds is 7. The normalized spacial score (nSPS) is 11.0. The van der Waals surface area contributed by atoms with Crippen molar-refractivity contribution in [1.29, 1.82) is 0 Å². The van der Waals surface area contributed by atoms with Gasteiger partial charge < -0.3 is 10.6 Å². The van der Waals surface area contributed by atoms with Crippen LogP contribution in [0, 0.1) is 0 Å². The molecule has 0 aliphatic heterocycles. The van der Waals surface area contributed by atoms with Crippen LogP contribution in [-0.2, 0) is 16.6 Å². The van der Waals surface area contributed by atoms with Crippen molar-refractivity contribution in [3.05, 3.63) is 108 Å². The molecule has 9 heteroatoms. The predicted octanol–water partition coefficient (Wildman–Crippen LogP) is 5.52. The number of pyridine rings is 1. The molecule has 0 spiro atoms. The minimum atomic E-state index is -3.87. The molecule has 0 atom stereocenters. The number of carbonyl (C=O) groups is 1. The maximum atomic E-state index is 13.1. The molecule has 34 heavy (non-hydrogen) atoms. The fourth-order valence-electron chi connectivity index (χ4n) is 3.26. The minimum absolute atomic E-state index is 0.148. The second-order valence-electron chi connectivity index (χ2n) is 7.35. The third-order valence-electron chi connectivity index (χ3n) is 4.90. The lowest BCUT2D eigenvalue weighted by atomic mass is 10.1. The van der Waals surface area contributed by atoms with Gasteiger partial charge in [0.1, 0.15) is 0 Å². The Labute approximate surface area is 202 Å². The van der Waals surface area contributed by atoms with E-state index >= 15 is 0 Å². The smallest absolute Gasteiger partial charge is 0.319 e. The van der Waals surface area contributed by atoms with Gasteiger partial charge in [0.15, 0.2) is 0 Å². The van der Waals surface area contributed by atoms with E-state index in [1.54, 1.807) is 91.3 Å². The second-order valence-corrected chi connectivity index (χ2v) is 9.44. The highest BCUT2D eigenvalue weighted by atomic mass is 35.5. The molecule has 0 aliphatic rings. The fraction of sp³-hybridized carbons (Fsp3) is 0.0400. The number of sulfonamides is 1. The zero-order valence-corrected chi connectivity index (χ0v) is 19.5. The Kier molecular flexibility index (Phi) is 7.10. The summed E-state index contributed by atoms with van der Waals surface area (Å²) < 4.78 is 28.8. The summed E-state index contributed by atoms with van der Waals surface area (Å²) in [4.78, 5) is 16.3. The van der Waals surface area contributed by atoms with Crippen molar-refractivity contribution < 1.29 is 13.2 Å². The molecule has 2 amide bonds. The van der Waals surface area contributed by atoms with Gasteiger partial charge in [-0.1, -0.05) is 48.0 Å². The van der Waals surface area contributed by atoms with Crippen molar-refractivity contribution in [2.24, 2.45) is 0 Å². The summed E-state index contributed by atoms with van der Waals surface area (Å²) in [5.41, 5.74) is 3.07. The van der Waals surface area contributed by atoms with Gasteiger partial charge in [-0.2, -0.15) is 0 Å². The Morgan fingerprint density at radius 2 is 1.56 bits per heavy atom. The summed E-state index contributed by atoms with van der Waals surface area (Å²) in [6, 6.07) is 23.4. The molecular weight excluding hydrogens is 472 g/mol. The topological polar surface area (TPSA) is 100 Å². The standard InChI is InChI=1S/C25H21ClN4O3S/c26-20-9-7-19(8-10-20)23-5-1-2-6-24(23)34(32,33)30-22-13-11-21(12-14-22)29-25(31)28-17-18-4-3-15-27-16-18/h1-16,30H,17H2,(H2,28,29,31). The van der Waals surface area contributed by atoms with E-state index in [2.05, 4.69) is 20.3 Å². The maximum Gasteiger partial charge on any atom is 0.319 e. The number of nitrogens with zero attached hydrogens (tertiary/aromatic N) is 1. The molecule has 0 fully saturated rings. The molecule has 0 unspecified atom stereocenters. The number of anilines is 2. The number of urea groups is 1. The minimum Gasteiger partial charge on any atom is -0.334 e. The Hall–Kier alpha value is -3.88. The first-order chi connectivity index (χ1) is 16.4. The molecule has 0 radical (unpaired) electrons. The summed E-state index contributed by atoms with van der Waals surface area (Å²) in [7, 11) is -3.87. The average molecular weight is 493 g/mol. The monoisotopic (exact) mass is 492 g/mol. The van der Waals surface area contributed by atoms with Gasteiger partial charge in [0, 0.05) is 40.9 Å². The van der Waals surface area contributed by atoms with E-state index < -0.39 is 10.0 Å². The zero-order chi connectivity index (χ0) is 24.0. The molecule has 7 nitrogen and oxygen atoms in total. The third kappa shape index (κ3) is 5.92. The van der Waals surface area contributed by atoms with Crippen molar-refractivity contribution in [3.8, 4) is 11.1 Å². The van der Waals surface area contributed by atoms with Crippen LogP contribution >= 0.6 is 11.6 Å². The van der Waals surface area contributed by atoms with Crippen molar-refractivity contribution in [2.75, 3.05) is 10.0 Å². The van der Waals surface area contributed by atoms with Crippen molar-refractivity contribution in [2.45, 2.75) is 11.4 Å². The Morgan fingerprint density at radius 1 is 0.853 bits per heavy atom. The molecule has 4 rings (SSSR count). The largest absolute Gasteiger partial charge is 0.334 e. The summed E-state index contributed by atoms with van der Waals surface area (Å²) in [6.07, 6.45) is 3.34. The molecule has 1 heterocycles. The highest BCUT2D eigenvalue weighted by Gasteiger charge is 2.19. The first-order valence-electron chi connectivity index (χ1n) is 10.3. The van der Waals surface area contributed by atoms with Crippen LogP contribution in [0.4, 0.5) is 16.2 Å². The van der Waals surface area contributed by atoms with Crippen LogP contribution in [0.3, 0.4) is 0 Å². The molecule has 4 aromatic rings. The van der Waals surface area contributed by atoms with Gasteiger partial charge in [-0.15, -0.1) is 0 Å². The van der Waals surface area contributed by atoms with E-state index in [0.29, 0.717) is 28.5 Å². The number of carbonyl (C=O) groups excluding carboxylic acids is 1. The highest BCUT2D eigenvalue weighted by Crippen LogP contribution is 2.29. The Balaban J connectivity index is 1.43. The number of amides is 2. The van der Waals surface area contributed by atoms with Gasteiger partial charge in [-0.05, 0) is 59.7 Å². The number of hydrogen-bond donors (Lipinski definition) is 3. The lowest BCUT2D eigenvalue weighted by molar-refractivity contribution is 0.251. The summed E-state index contributed by atoms with van der Waals surface area (Å²) in [5, 5.41) is 6.02. The SMILES string of the molecule is O=C(NCc1cccnc1)Nc1ccc(NS(=O)(=O)c2ccccc2-c2ccc(Cl)cc2)cc1. The molecular formula is C25H21ClN4O3S. The van der Waals surface area contributed by atoms with E-state index in [-0.39, 0.29) is 10.9 Å². The molecule has 0 saturated heterocycles. The maximum absolute atomic E-state index is 13.1. The van der Waals surface area contributed by atoms with Crippen molar-refractivity contribution in [3.63, 3.8) is 0 Å². The van der Waals surface area contributed by atoms with E-state index in [9.17, 15) is 13.2 Å². The van der Waals surface area contributed by atoms with Gasteiger partial charge in [0.25, 0.3) is 10.0 Å². The molecule has 0 saturated carbocycles. The van der Waals surface area contributed by atoms with Crippen LogP contribution < -0.4 is 15.4 Å². The number of nitrogens with one attached hydrogen (secondary N) is 3. The number of aromatic nitrogens is 1. The van der Waals surface area contributed by atoms with Crippen molar-refractivity contribution in [1.82, 2.24) is 10.3 Å². The molecule has 0 aliphatic carbocycles. The van der Waals surface area contributed by atoms with E-state index in [4.69, 9.17) is 11.6 Å². The van der Waals surface area contributed by atoms with Crippen molar-refractivity contribution >= 4 is 39.0 Å². The van der Waals surface area contributed by atoms with Gasteiger partial charge >= 0.3 is 6.03 Å². The quantitative estimate of drug-likeness (QED) is 0.316. The summed E-state index contributed by atoms with van der Waals surface area (Å²) in [6.45, 7) is 0.338. The van der Waals surface area contributed by atoms with Gasteiger partial charge in [-0.3, -0.25) is 9.71 Å². The summed E-state index contributed by atoms with van der Waals surface area (Å²) in [5.74, 6) is 0. The average Bonchev–Trinajstić information content (AvgIpc) is 2.85. The number of halogens is 1. The molecule has 3 aromatic carbocycles. The van der Waals surface area contributed by atoms with E-state index in [0.717, 1.165) is 11.1 Å². The predicted molar refractivity (Wildman–Crippen MR) is 134 cm³/mol. The lowest BCUT2D eigenvalue weighted by Gasteiger charge is -2.13. The Morgan fingerprint density at radius 3 is 2.26 bits per heavy atom. The number of benzene rings is 3. The Bertz CT molecular complexity index is 1380. The first-order valence-corrected chi connectivity index (χ1v) is 12.2. The van der Waals surface area contributed by atoms with Crippen LogP contribution in [0.25, 0.3) is 11.1 Å². The highest BCUT2D eigenvalue weighted by molar-refractivity contribution is 7.92. The van der Waals surface area contributed by atoms with Crippen LogP contribution in [0.2, 0.25) is 5.02 Å². The van der Waals surface area contributed by atoms with Crippen LogP contribution in [-0.4, -0.2) is 19.4 Å². The van der Waals surface area contributed by atoms with Gasteiger partial charge in [-0.25, -0.2) is 13.2 Å². The lowest BCUT2D eigenvalue weighted by Crippen LogP contribution is -2.28. The second kappa shape index (κ2) is 10.4. The van der Waals surface area contributed by atoms with Crippen LogP contribution in [0.15, 0.2) is 102 Å². The van der Waals surface area contributed by atoms with Gasteiger partial charge in [0.05, 0.1) is 4.90 Å².